The van der Waals surface area contributed by atoms with Gasteiger partial charge in [-0.2, -0.15) is 5.26 Å². The minimum Gasteiger partial charge on any atom is -0.465 e. The second-order valence-electron chi connectivity index (χ2n) is 10.7. The van der Waals surface area contributed by atoms with Crippen LogP contribution in [0.4, 0.5) is 0 Å². The summed E-state index contributed by atoms with van der Waals surface area (Å²) in [5.74, 6) is 2.75. The molecule has 2 saturated heterocycles. The van der Waals surface area contributed by atoms with E-state index in [0.717, 1.165) is 64.6 Å². The molecule has 0 aromatic rings. The van der Waals surface area contributed by atoms with Gasteiger partial charge >= 0.3 is 5.97 Å². The van der Waals surface area contributed by atoms with Crippen molar-refractivity contribution in [3.63, 3.8) is 0 Å². The monoisotopic (exact) mass is 429 g/mol. The average Bonchev–Trinajstić information content (AvgIpc) is 3.16. The van der Waals surface area contributed by atoms with Gasteiger partial charge in [0.05, 0.1) is 18.6 Å². The number of piperidine rings is 1. The summed E-state index contributed by atoms with van der Waals surface area (Å²) in [7, 11) is 0. The Morgan fingerprint density at radius 2 is 1.94 bits per heavy atom. The Kier molecular flexibility index (Phi) is 7.21. The molecule has 2 aliphatic carbocycles. The number of nitrogens with zero attached hydrogens (tertiary/aromatic N) is 2. The van der Waals surface area contributed by atoms with Crippen molar-refractivity contribution < 1.29 is 14.3 Å². The maximum absolute atomic E-state index is 12.8. The van der Waals surface area contributed by atoms with Crippen LogP contribution >= 0.6 is 0 Å². The fraction of sp³-hybridized carbons (Fsp3) is 0.880. The summed E-state index contributed by atoms with van der Waals surface area (Å²) in [5, 5.41) is 12.4. The molecule has 1 amide bonds. The molecule has 7 unspecified atom stereocenters. The number of likely N-dealkylation sites (tertiary alicyclic amines) is 1. The van der Waals surface area contributed by atoms with E-state index in [1.165, 1.54) is 6.42 Å². The first-order chi connectivity index (χ1) is 15.0. The maximum atomic E-state index is 12.8. The lowest BCUT2D eigenvalue weighted by atomic mass is 9.67. The average molecular weight is 430 g/mol. The minimum absolute atomic E-state index is 0.0307. The molecular formula is C25H39N3O3. The van der Waals surface area contributed by atoms with E-state index in [4.69, 9.17) is 10.00 Å². The molecule has 4 fully saturated rings. The Hall–Kier alpha value is -1.61. The van der Waals surface area contributed by atoms with Crippen LogP contribution in [0.3, 0.4) is 0 Å². The molecule has 0 radical (unpaired) electrons. The van der Waals surface area contributed by atoms with Crippen molar-refractivity contribution in [1.29, 1.82) is 5.26 Å². The van der Waals surface area contributed by atoms with E-state index in [0.29, 0.717) is 30.3 Å². The summed E-state index contributed by atoms with van der Waals surface area (Å²) in [6, 6.07) is 2.62. The van der Waals surface area contributed by atoms with E-state index >= 15 is 0 Å². The number of hydrogen-bond acceptors (Lipinski definition) is 5. The molecule has 4 aliphatic rings. The second-order valence-corrected chi connectivity index (χ2v) is 10.7. The van der Waals surface area contributed by atoms with Crippen molar-refractivity contribution in [2.75, 3.05) is 26.2 Å². The van der Waals surface area contributed by atoms with E-state index in [2.05, 4.69) is 30.1 Å². The molecule has 7 atom stereocenters. The van der Waals surface area contributed by atoms with Crippen LogP contribution in [-0.4, -0.2) is 49.1 Å². The molecule has 6 nitrogen and oxygen atoms in total. The van der Waals surface area contributed by atoms with Crippen molar-refractivity contribution in [2.45, 2.75) is 71.3 Å². The summed E-state index contributed by atoms with van der Waals surface area (Å²) in [6.45, 7) is 8.21. The Balaban J connectivity index is 1.17. The molecule has 2 saturated carbocycles. The van der Waals surface area contributed by atoms with Crippen LogP contribution in [0.2, 0.25) is 0 Å². The van der Waals surface area contributed by atoms with Crippen LogP contribution in [-0.2, 0) is 14.3 Å². The minimum atomic E-state index is 0.0307. The molecule has 0 aromatic heterocycles. The van der Waals surface area contributed by atoms with Gasteiger partial charge in [0.25, 0.3) is 0 Å². The summed E-state index contributed by atoms with van der Waals surface area (Å²) in [6.07, 6.45) is 7.96. The Morgan fingerprint density at radius 1 is 1.16 bits per heavy atom. The SMILES string of the molecule is CC1CC(C#N)CCC1NC(=O)C1CCN(CCC2CCC3C(=O)OCC3C2C)CC1. The Bertz CT molecular complexity index is 697. The van der Waals surface area contributed by atoms with Gasteiger partial charge in [0, 0.05) is 23.8 Å². The first-order valence-corrected chi connectivity index (χ1v) is 12.5. The number of nitriles is 1. The van der Waals surface area contributed by atoms with Gasteiger partial charge < -0.3 is 15.0 Å². The van der Waals surface area contributed by atoms with Crippen molar-refractivity contribution in [2.24, 2.45) is 41.4 Å². The van der Waals surface area contributed by atoms with Gasteiger partial charge in [-0.15, -0.1) is 0 Å². The molecule has 2 heterocycles. The van der Waals surface area contributed by atoms with E-state index in [1.807, 2.05) is 0 Å². The van der Waals surface area contributed by atoms with Crippen molar-refractivity contribution in [3.05, 3.63) is 0 Å². The number of rotatable bonds is 5. The summed E-state index contributed by atoms with van der Waals surface area (Å²) < 4.78 is 5.32. The third-order valence-corrected chi connectivity index (χ3v) is 8.96. The number of ether oxygens (including phenoxy) is 1. The van der Waals surface area contributed by atoms with Crippen LogP contribution in [0.25, 0.3) is 0 Å². The summed E-state index contributed by atoms with van der Waals surface area (Å²) in [5.41, 5.74) is 0. The molecule has 0 bridgehead atoms. The van der Waals surface area contributed by atoms with Gasteiger partial charge in [0.1, 0.15) is 0 Å². The van der Waals surface area contributed by atoms with Crippen LogP contribution in [0.1, 0.15) is 65.2 Å². The van der Waals surface area contributed by atoms with Gasteiger partial charge in [-0.25, -0.2) is 0 Å². The quantitative estimate of drug-likeness (QED) is 0.678. The van der Waals surface area contributed by atoms with Gasteiger partial charge in [-0.05, 0) is 88.8 Å². The van der Waals surface area contributed by atoms with Gasteiger partial charge in [-0.3, -0.25) is 9.59 Å². The van der Waals surface area contributed by atoms with Crippen molar-refractivity contribution in [3.8, 4) is 6.07 Å². The topological polar surface area (TPSA) is 82.4 Å². The third kappa shape index (κ3) is 5.08. The Labute approximate surface area is 187 Å². The number of carbonyl (C=O) groups excluding carboxylic acids is 2. The lowest BCUT2D eigenvalue weighted by Crippen LogP contribution is -2.47. The van der Waals surface area contributed by atoms with Crippen molar-refractivity contribution in [1.82, 2.24) is 10.2 Å². The first kappa shape index (κ1) is 22.6. The van der Waals surface area contributed by atoms with Gasteiger partial charge in [-0.1, -0.05) is 13.8 Å². The summed E-state index contributed by atoms with van der Waals surface area (Å²) in [4.78, 5) is 27.2. The van der Waals surface area contributed by atoms with Crippen LogP contribution in [0.15, 0.2) is 0 Å². The molecule has 0 aromatic carbocycles. The second kappa shape index (κ2) is 9.90. The largest absolute Gasteiger partial charge is 0.465 e. The lowest BCUT2D eigenvalue weighted by Gasteiger charge is -2.38. The normalized spacial score (nSPS) is 39.4. The lowest BCUT2D eigenvalue weighted by molar-refractivity contribution is -0.141. The van der Waals surface area contributed by atoms with Crippen LogP contribution in [0.5, 0.6) is 0 Å². The van der Waals surface area contributed by atoms with Crippen LogP contribution < -0.4 is 5.32 Å². The Morgan fingerprint density at radius 3 is 2.65 bits per heavy atom. The number of fused-ring (bicyclic) bond motifs is 1. The molecule has 31 heavy (non-hydrogen) atoms. The zero-order chi connectivity index (χ0) is 22.0. The molecule has 0 spiro atoms. The highest BCUT2D eigenvalue weighted by atomic mass is 16.5. The number of carbonyl (C=O) groups is 2. The molecule has 4 rings (SSSR count). The van der Waals surface area contributed by atoms with E-state index in [9.17, 15) is 9.59 Å². The van der Waals surface area contributed by atoms with Gasteiger partial charge in [0.2, 0.25) is 5.91 Å². The fourth-order valence-corrected chi connectivity index (χ4v) is 6.64. The highest BCUT2D eigenvalue weighted by Crippen LogP contribution is 2.44. The number of nitrogens with one attached hydrogen (secondary N) is 1. The van der Waals surface area contributed by atoms with Crippen LogP contribution in [0, 0.1) is 52.8 Å². The zero-order valence-electron chi connectivity index (χ0n) is 19.2. The number of hydrogen-bond donors (Lipinski definition) is 1. The standard InChI is InChI=1S/C25H39N3O3/c1-16-13-18(14-26)3-6-23(16)27-24(29)20-8-11-28(12-9-20)10-7-19-4-5-21-22(17(19)2)15-31-25(21)30/h16-23H,3-13,15H2,1-2H3,(H,27,29). The van der Waals surface area contributed by atoms with E-state index in [-0.39, 0.29) is 35.7 Å². The molecule has 6 heteroatoms. The van der Waals surface area contributed by atoms with E-state index in [1.54, 1.807) is 0 Å². The summed E-state index contributed by atoms with van der Waals surface area (Å²) >= 11 is 0. The molecule has 172 valence electrons. The maximum Gasteiger partial charge on any atom is 0.309 e. The van der Waals surface area contributed by atoms with Crippen molar-refractivity contribution >= 4 is 11.9 Å². The number of amides is 1. The number of esters is 1. The molecular weight excluding hydrogens is 390 g/mol. The predicted molar refractivity (Wildman–Crippen MR) is 118 cm³/mol. The zero-order valence-corrected chi connectivity index (χ0v) is 19.2. The third-order valence-electron chi connectivity index (χ3n) is 8.96. The number of cyclic esters (lactones) is 1. The first-order valence-electron chi connectivity index (χ1n) is 12.5. The highest BCUT2D eigenvalue weighted by Gasteiger charge is 2.45. The molecule has 2 aliphatic heterocycles. The molecule has 1 N–H and O–H groups in total. The van der Waals surface area contributed by atoms with Gasteiger partial charge in [0.15, 0.2) is 0 Å². The van der Waals surface area contributed by atoms with E-state index < -0.39 is 0 Å². The highest BCUT2D eigenvalue weighted by molar-refractivity contribution is 5.79. The predicted octanol–water partition coefficient (Wildman–Crippen LogP) is 3.37. The smallest absolute Gasteiger partial charge is 0.309 e. The fourth-order valence-electron chi connectivity index (χ4n) is 6.64.